The average molecular weight is 258 g/mol. The van der Waals surface area contributed by atoms with Gasteiger partial charge >= 0.3 is 0 Å². The molecule has 0 spiro atoms. The molecule has 2 aliphatic carbocycles. The maximum atomic E-state index is 5.86. The van der Waals surface area contributed by atoms with Crippen LogP contribution in [0.1, 0.15) is 56.2 Å². The topological polar surface area (TPSA) is 38.0 Å². The van der Waals surface area contributed by atoms with Gasteiger partial charge in [-0.1, -0.05) is 44.0 Å². The van der Waals surface area contributed by atoms with E-state index in [0.29, 0.717) is 6.04 Å². The number of aryl methyl sites for hydroxylation is 1. The second kappa shape index (κ2) is 5.64. The maximum Gasteiger partial charge on any atom is 0.0490 e. The smallest absolute Gasteiger partial charge is 0.0490 e. The first-order chi connectivity index (χ1) is 9.31. The summed E-state index contributed by atoms with van der Waals surface area (Å²) in [6.45, 7) is 2.23. The van der Waals surface area contributed by atoms with Crippen LogP contribution in [0, 0.1) is 17.8 Å². The van der Waals surface area contributed by atoms with Gasteiger partial charge in [0.05, 0.1) is 0 Å². The van der Waals surface area contributed by atoms with E-state index in [4.69, 9.17) is 5.84 Å². The van der Waals surface area contributed by atoms with Crippen molar-refractivity contribution in [2.75, 3.05) is 0 Å². The Bertz CT molecular complexity index is 412. The van der Waals surface area contributed by atoms with Crippen molar-refractivity contribution in [2.45, 2.75) is 51.5 Å². The van der Waals surface area contributed by atoms with Crippen LogP contribution in [0.2, 0.25) is 0 Å². The van der Waals surface area contributed by atoms with Crippen molar-refractivity contribution >= 4 is 0 Å². The van der Waals surface area contributed by atoms with E-state index in [1.54, 1.807) is 0 Å². The van der Waals surface area contributed by atoms with Gasteiger partial charge in [-0.3, -0.25) is 11.3 Å². The summed E-state index contributed by atoms with van der Waals surface area (Å²) in [4.78, 5) is 0. The quantitative estimate of drug-likeness (QED) is 0.626. The molecule has 0 radical (unpaired) electrons. The van der Waals surface area contributed by atoms with E-state index in [-0.39, 0.29) is 0 Å². The molecule has 0 heterocycles. The number of nitrogens with two attached hydrogens (primary N) is 1. The number of fused-ring (bicyclic) bond motifs is 2. The molecule has 2 heteroatoms. The van der Waals surface area contributed by atoms with Crippen molar-refractivity contribution in [1.82, 2.24) is 5.43 Å². The minimum Gasteiger partial charge on any atom is -0.271 e. The summed E-state index contributed by atoms with van der Waals surface area (Å²) in [6.07, 6.45) is 8.07. The summed E-state index contributed by atoms with van der Waals surface area (Å²) >= 11 is 0. The van der Waals surface area contributed by atoms with Gasteiger partial charge in [-0.25, -0.2) is 0 Å². The van der Waals surface area contributed by atoms with E-state index < -0.39 is 0 Å². The van der Waals surface area contributed by atoms with Crippen LogP contribution in [0.4, 0.5) is 0 Å². The van der Waals surface area contributed by atoms with Crippen LogP contribution in [0.25, 0.3) is 0 Å². The zero-order valence-corrected chi connectivity index (χ0v) is 11.9. The minimum absolute atomic E-state index is 0.353. The molecular weight excluding hydrogens is 232 g/mol. The molecule has 2 saturated carbocycles. The molecule has 4 atom stereocenters. The zero-order chi connectivity index (χ0) is 13.2. The lowest BCUT2D eigenvalue weighted by Gasteiger charge is -2.30. The molecule has 1 aromatic carbocycles. The molecule has 2 nitrogen and oxygen atoms in total. The van der Waals surface area contributed by atoms with Gasteiger partial charge in [-0.15, -0.1) is 0 Å². The molecule has 104 valence electrons. The molecule has 2 bridgehead atoms. The number of nitrogens with one attached hydrogen (secondary N) is 1. The molecule has 3 N–H and O–H groups in total. The Hall–Kier alpha value is -0.860. The lowest BCUT2D eigenvalue weighted by atomic mass is 9.80. The third-order valence-corrected chi connectivity index (χ3v) is 5.28. The highest BCUT2D eigenvalue weighted by molar-refractivity contribution is 5.26. The van der Waals surface area contributed by atoms with Crippen LogP contribution in [0.5, 0.6) is 0 Å². The molecule has 0 aliphatic heterocycles. The zero-order valence-electron chi connectivity index (χ0n) is 11.9. The predicted molar refractivity (Wildman–Crippen MR) is 79.4 cm³/mol. The van der Waals surface area contributed by atoms with Gasteiger partial charge in [0, 0.05) is 6.04 Å². The summed E-state index contributed by atoms with van der Waals surface area (Å²) in [6, 6.07) is 9.46. The van der Waals surface area contributed by atoms with E-state index >= 15 is 0 Å². The summed E-state index contributed by atoms with van der Waals surface area (Å²) in [5, 5.41) is 0. The molecule has 2 aliphatic rings. The first-order valence-corrected chi connectivity index (χ1v) is 7.86. The SMILES string of the molecule is CCCc1ccc(C(NN)C2CC3CCC2C3)cc1. The van der Waals surface area contributed by atoms with Crippen molar-refractivity contribution in [3.05, 3.63) is 35.4 Å². The maximum absolute atomic E-state index is 5.86. The fraction of sp³-hybridized carbons (Fsp3) is 0.647. The van der Waals surface area contributed by atoms with Crippen molar-refractivity contribution in [2.24, 2.45) is 23.6 Å². The normalized spacial score (nSPS) is 30.7. The van der Waals surface area contributed by atoms with Crippen molar-refractivity contribution in [3.63, 3.8) is 0 Å². The van der Waals surface area contributed by atoms with Gasteiger partial charge in [-0.2, -0.15) is 0 Å². The van der Waals surface area contributed by atoms with Crippen LogP contribution in [-0.2, 0) is 6.42 Å². The highest BCUT2D eigenvalue weighted by Gasteiger charge is 2.43. The Morgan fingerprint density at radius 1 is 1.21 bits per heavy atom. The second-order valence-corrected chi connectivity index (χ2v) is 6.47. The number of rotatable bonds is 5. The Morgan fingerprint density at radius 2 is 2.00 bits per heavy atom. The molecule has 0 aromatic heterocycles. The van der Waals surface area contributed by atoms with Crippen LogP contribution >= 0.6 is 0 Å². The highest BCUT2D eigenvalue weighted by Crippen LogP contribution is 2.52. The van der Waals surface area contributed by atoms with Crippen LogP contribution in [0.3, 0.4) is 0 Å². The summed E-state index contributed by atoms with van der Waals surface area (Å²) in [5.74, 6) is 8.49. The van der Waals surface area contributed by atoms with Crippen LogP contribution < -0.4 is 11.3 Å². The molecule has 3 rings (SSSR count). The number of hydrazine groups is 1. The lowest BCUT2D eigenvalue weighted by molar-refractivity contribution is 0.252. The van der Waals surface area contributed by atoms with Crippen molar-refractivity contribution < 1.29 is 0 Å². The second-order valence-electron chi connectivity index (χ2n) is 6.47. The molecule has 1 aromatic rings. The predicted octanol–water partition coefficient (Wildman–Crippen LogP) is 3.58. The number of benzene rings is 1. The van der Waals surface area contributed by atoms with Gasteiger partial charge in [0.15, 0.2) is 0 Å². The van der Waals surface area contributed by atoms with E-state index in [2.05, 4.69) is 36.6 Å². The fourth-order valence-corrected chi connectivity index (χ4v) is 4.35. The number of hydrogen-bond acceptors (Lipinski definition) is 2. The van der Waals surface area contributed by atoms with E-state index in [9.17, 15) is 0 Å². The summed E-state index contributed by atoms with van der Waals surface area (Å²) in [5.41, 5.74) is 5.91. The van der Waals surface area contributed by atoms with Gasteiger partial charge in [0.1, 0.15) is 0 Å². The molecule has 2 fully saturated rings. The van der Waals surface area contributed by atoms with E-state index in [0.717, 1.165) is 17.8 Å². The molecule has 0 amide bonds. The van der Waals surface area contributed by atoms with Gasteiger partial charge in [-0.05, 0) is 54.6 Å². The molecule has 19 heavy (non-hydrogen) atoms. The van der Waals surface area contributed by atoms with Crippen LogP contribution in [-0.4, -0.2) is 0 Å². The minimum atomic E-state index is 0.353. The highest BCUT2D eigenvalue weighted by atomic mass is 15.2. The summed E-state index contributed by atoms with van der Waals surface area (Å²) in [7, 11) is 0. The van der Waals surface area contributed by atoms with E-state index in [1.807, 2.05) is 0 Å². The molecule has 4 unspecified atom stereocenters. The van der Waals surface area contributed by atoms with Crippen molar-refractivity contribution in [1.29, 1.82) is 0 Å². The summed E-state index contributed by atoms with van der Waals surface area (Å²) < 4.78 is 0. The Kier molecular flexibility index (Phi) is 3.90. The fourth-order valence-electron chi connectivity index (χ4n) is 4.35. The standard InChI is InChI=1S/C17H26N2/c1-2-3-12-4-7-14(8-5-12)17(19-18)16-11-13-6-9-15(16)10-13/h4-5,7-8,13,15-17,19H,2-3,6,9-11,18H2,1H3. The number of hydrogen-bond donors (Lipinski definition) is 2. The van der Waals surface area contributed by atoms with E-state index in [1.165, 1.54) is 49.7 Å². The first-order valence-electron chi connectivity index (χ1n) is 7.86. The Balaban J connectivity index is 1.74. The van der Waals surface area contributed by atoms with Gasteiger partial charge < -0.3 is 0 Å². The first kappa shape index (κ1) is 13.1. The largest absolute Gasteiger partial charge is 0.271 e. The Labute approximate surface area is 116 Å². The van der Waals surface area contributed by atoms with Gasteiger partial charge in [0.2, 0.25) is 0 Å². The van der Waals surface area contributed by atoms with Crippen molar-refractivity contribution in [3.8, 4) is 0 Å². The third kappa shape index (κ3) is 2.56. The monoisotopic (exact) mass is 258 g/mol. The average Bonchev–Trinajstić information content (AvgIpc) is 3.05. The van der Waals surface area contributed by atoms with Gasteiger partial charge in [0.25, 0.3) is 0 Å². The van der Waals surface area contributed by atoms with Crippen LogP contribution in [0.15, 0.2) is 24.3 Å². The molecule has 0 saturated heterocycles. The Morgan fingerprint density at radius 3 is 2.53 bits per heavy atom. The molecular formula is C17H26N2. The lowest BCUT2D eigenvalue weighted by Crippen LogP contribution is -2.35. The third-order valence-electron chi connectivity index (χ3n) is 5.28.